The van der Waals surface area contributed by atoms with Gasteiger partial charge in [-0.2, -0.15) is 0 Å². The van der Waals surface area contributed by atoms with Crippen molar-refractivity contribution in [3.05, 3.63) is 64.7 Å². The molecule has 3 aliphatic rings. The van der Waals surface area contributed by atoms with Crippen molar-refractivity contribution in [1.29, 1.82) is 0 Å². The molecule has 0 spiro atoms. The van der Waals surface area contributed by atoms with Gasteiger partial charge in [0.15, 0.2) is 0 Å². The highest BCUT2D eigenvalue weighted by Crippen LogP contribution is 2.38. The summed E-state index contributed by atoms with van der Waals surface area (Å²) in [5.41, 5.74) is 2.57. The summed E-state index contributed by atoms with van der Waals surface area (Å²) in [4.78, 5) is 41.3. The minimum Gasteiger partial charge on any atom is -0.489 e. The number of piperidine rings is 1. The van der Waals surface area contributed by atoms with Gasteiger partial charge in [-0.3, -0.25) is 24.6 Å². The second kappa shape index (κ2) is 9.19. The first kappa shape index (κ1) is 22.6. The molecule has 178 valence electrons. The molecule has 0 aromatic heterocycles. The van der Waals surface area contributed by atoms with Crippen LogP contribution in [0.2, 0.25) is 0 Å². The number of carbonyl (C=O) groups is 3. The molecule has 3 aliphatic heterocycles. The van der Waals surface area contributed by atoms with Gasteiger partial charge in [0.25, 0.3) is 11.8 Å². The van der Waals surface area contributed by atoms with E-state index in [1.165, 1.54) is 5.56 Å². The molecule has 2 saturated heterocycles. The topological polar surface area (TPSA) is 88.2 Å². The zero-order valence-corrected chi connectivity index (χ0v) is 19.3. The lowest BCUT2D eigenvalue weighted by atomic mass is 9.89. The van der Waals surface area contributed by atoms with Gasteiger partial charge in [0.05, 0.1) is 19.8 Å². The van der Waals surface area contributed by atoms with Gasteiger partial charge < -0.3 is 14.4 Å². The van der Waals surface area contributed by atoms with E-state index in [-0.39, 0.29) is 24.8 Å². The third kappa shape index (κ3) is 4.31. The predicted molar refractivity (Wildman–Crippen MR) is 124 cm³/mol. The third-order valence-electron chi connectivity index (χ3n) is 7.03. The number of hydrogen-bond acceptors (Lipinski definition) is 6. The van der Waals surface area contributed by atoms with Crippen molar-refractivity contribution in [1.82, 2.24) is 15.1 Å². The lowest BCUT2D eigenvalue weighted by molar-refractivity contribution is -0.142. The van der Waals surface area contributed by atoms with Crippen molar-refractivity contribution in [2.24, 2.45) is 0 Å². The van der Waals surface area contributed by atoms with E-state index in [2.05, 4.69) is 34.5 Å². The number of rotatable bonds is 6. The molecule has 8 heteroatoms. The summed E-state index contributed by atoms with van der Waals surface area (Å²) in [5.74, 6) is -0.294. The molecule has 2 fully saturated rings. The molecular weight excluding hydrogens is 434 g/mol. The number of carbonyl (C=O) groups excluding carboxylic acids is 3. The average molecular weight is 464 g/mol. The van der Waals surface area contributed by atoms with E-state index in [4.69, 9.17) is 9.47 Å². The van der Waals surface area contributed by atoms with E-state index in [9.17, 15) is 14.4 Å². The molecule has 3 amide bonds. The predicted octanol–water partition coefficient (Wildman–Crippen LogP) is 2.25. The zero-order valence-electron chi connectivity index (χ0n) is 19.3. The average Bonchev–Trinajstić information content (AvgIpc) is 3.20. The Labute approximate surface area is 198 Å². The monoisotopic (exact) mass is 463 g/mol. The van der Waals surface area contributed by atoms with Gasteiger partial charge in [0.1, 0.15) is 17.9 Å². The maximum Gasteiger partial charge on any atom is 0.255 e. The van der Waals surface area contributed by atoms with Crippen LogP contribution in [0, 0.1) is 0 Å². The van der Waals surface area contributed by atoms with Crippen LogP contribution in [0.15, 0.2) is 42.5 Å². The summed E-state index contributed by atoms with van der Waals surface area (Å²) in [6, 6.07) is 13.8. The fourth-order valence-electron chi connectivity index (χ4n) is 4.81. The first-order valence-electron chi connectivity index (χ1n) is 11.7. The first-order valence-corrected chi connectivity index (χ1v) is 11.7. The lowest BCUT2D eigenvalue weighted by Gasteiger charge is -2.39. The van der Waals surface area contributed by atoms with Crippen molar-refractivity contribution in [3.8, 4) is 5.75 Å². The Kier molecular flexibility index (Phi) is 6.10. The van der Waals surface area contributed by atoms with E-state index in [1.807, 2.05) is 6.07 Å². The van der Waals surface area contributed by atoms with E-state index in [0.717, 1.165) is 44.0 Å². The number of morpholine rings is 1. The van der Waals surface area contributed by atoms with Crippen LogP contribution in [0.3, 0.4) is 0 Å². The lowest BCUT2D eigenvalue weighted by Crippen LogP contribution is -2.61. The largest absolute Gasteiger partial charge is 0.489 e. The number of ether oxygens (including phenoxy) is 2. The van der Waals surface area contributed by atoms with Crippen molar-refractivity contribution >= 4 is 17.7 Å². The maximum atomic E-state index is 13.1. The van der Waals surface area contributed by atoms with Crippen molar-refractivity contribution in [2.75, 3.05) is 26.3 Å². The second-order valence-electron chi connectivity index (χ2n) is 9.32. The molecule has 0 unspecified atom stereocenters. The molecule has 0 saturated carbocycles. The second-order valence-corrected chi connectivity index (χ2v) is 9.32. The van der Waals surface area contributed by atoms with Crippen molar-refractivity contribution < 1.29 is 23.9 Å². The van der Waals surface area contributed by atoms with Crippen LogP contribution in [0.25, 0.3) is 0 Å². The maximum absolute atomic E-state index is 13.1. The molecule has 0 aliphatic carbocycles. The van der Waals surface area contributed by atoms with E-state index >= 15 is 0 Å². The Hall–Kier alpha value is -3.23. The molecule has 0 bridgehead atoms. The van der Waals surface area contributed by atoms with Crippen molar-refractivity contribution in [2.45, 2.75) is 45.0 Å². The highest BCUT2D eigenvalue weighted by atomic mass is 16.5. The van der Waals surface area contributed by atoms with Crippen molar-refractivity contribution in [3.63, 3.8) is 0 Å². The van der Waals surface area contributed by atoms with Gasteiger partial charge in [-0.05, 0) is 36.6 Å². The van der Waals surface area contributed by atoms with Crippen LogP contribution >= 0.6 is 0 Å². The van der Waals surface area contributed by atoms with Gasteiger partial charge in [-0.1, -0.05) is 30.3 Å². The fourth-order valence-corrected chi connectivity index (χ4v) is 4.81. The number of hydrogen-bond donors (Lipinski definition) is 1. The minimum absolute atomic E-state index is 0.208. The summed E-state index contributed by atoms with van der Waals surface area (Å²) in [7, 11) is 0. The van der Waals surface area contributed by atoms with Crippen LogP contribution < -0.4 is 10.1 Å². The standard InChI is InChI=1S/C26H29N3O5/c1-26(10-9-23(30)27-25(26)32)29-16-21-20(24(29)31)3-2-4-22(21)34-17-19-7-5-18(6-8-19)15-28-11-13-33-14-12-28/h2-8H,9-17H2,1H3,(H,27,30,32)/t26-/m0/s1. The first-order chi connectivity index (χ1) is 16.4. The molecule has 1 N–H and O–H groups in total. The number of fused-ring (bicyclic) bond motifs is 1. The summed E-state index contributed by atoms with van der Waals surface area (Å²) in [5, 5.41) is 2.37. The quantitative estimate of drug-likeness (QED) is 0.662. The van der Waals surface area contributed by atoms with Gasteiger partial charge in [-0.15, -0.1) is 0 Å². The number of nitrogens with zero attached hydrogens (tertiary/aromatic N) is 2. The normalized spacial score (nSPS) is 23.1. The highest BCUT2D eigenvalue weighted by molar-refractivity contribution is 6.07. The molecule has 2 aromatic rings. The Morgan fingerprint density at radius 2 is 1.76 bits per heavy atom. The van der Waals surface area contributed by atoms with E-state index in [1.54, 1.807) is 24.0 Å². The third-order valence-corrected chi connectivity index (χ3v) is 7.03. The molecule has 3 heterocycles. The number of imide groups is 1. The Morgan fingerprint density at radius 1 is 1.03 bits per heavy atom. The minimum atomic E-state index is -1.06. The smallest absolute Gasteiger partial charge is 0.255 e. The number of amides is 3. The van der Waals surface area contributed by atoms with Crippen LogP contribution in [0.1, 0.15) is 46.8 Å². The van der Waals surface area contributed by atoms with Crippen LogP contribution in [0.4, 0.5) is 0 Å². The van der Waals surface area contributed by atoms with Crippen LogP contribution in [-0.2, 0) is 34.0 Å². The summed E-state index contributed by atoms with van der Waals surface area (Å²) in [6.07, 6.45) is 0.525. The summed E-state index contributed by atoms with van der Waals surface area (Å²) < 4.78 is 11.5. The Bertz CT molecular complexity index is 1110. The molecule has 0 radical (unpaired) electrons. The summed E-state index contributed by atoms with van der Waals surface area (Å²) >= 11 is 0. The van der Waals surface area contributed by atoms with Gasteiger partial charge in [-0.25, -0.2) is 0 Å². The number of benzene rings is 2. The Balaban J connectivity index is 1.25. The summed E-state index contributed by atoms with van der Waals surface area (Å²) in [6.45, 7) is 6.78. The van der Waals surface area contributed by atoms with E-state index in [0.29, 0.717) is 24.3 Å². The molecular formula is C26H29N3O5. The molecule has 34 heavy (non-hydrogen) atoms. The molecule has 2 aromatic carbocycles. The highest BCUT2D eigenvalue weighted by Gasteiger charge is 2.49. The van der Waals surface area contributed by atoms with E-state index < -0.39 is 11.4 Å². The Morgan fingerprint density at radius 3 is 2.50 bits per heavy atom. The van der Waals surface area contributed by atoms with Crippen LogP contribution in [-0.4, -0.2) is 59.4 Å². The fraction of sp³-hybridized carbons (Fsp3) is 0.423. The SMILES string of the molecule is C[C@]1(N2Cc3c(OCc4ccc(CN5CCOCC5)cc4)cccc3C2=O)CCC(=O)NC1=O. The van der Waals surface area contributed by atoms with Crippen LogP contribution in [0.5, 0.6) is 5.75 Å². The van der Waals surface area contributed by atoms with Gasteiger partial charge in [0, 0.05) is 37.2 Å². The molecule has 8 nitrogen and oxygen atoms in total. The number of nitrogens with one attached hydrogen (secondary N) is 1. The van der Waals surface area contributed by atoms with Gasteiger partial charge >= 0.3 is 0 Å². The molecule has 5 rings (SSSR count). The molecule has 1 atom stereocenters. The van der Waals surface area contributed by atoms with Gasteiger partial charge in [0.2, 0.25) is 5.91 Å². The zero-order chi connectivity index (χ0) is 23.7.